The number of hydrogen-bond donors (Lipinski definition) is 2. The number of carbonyl (C=O) groups excluding carboxylic acids is 1. The van der Waals surface area contributed by atoms with Crippen LogP contribution in [0.2, 0.25) is 0 Å². The molecule has 1 heterocycles. The second-order valence-corrected chi connectivity index (χ2v) is 4.76. The van der Waals surface area contributed by atoms with E-state index in [-0.39, 0.29) is 24.7 Å². The predicted octanol–water partition coefficient (Wildman–Crippen LogP) is 1.72. The highest BCUT2D eigenvalue weighted by atomic mass is 19.4. The second kappa shape index (κ2) is 6.26. The van der Waals surface area contributed by atoms with Gasteiger partial charge in [-0.2, -0.15) is 13.2 Å². The summed E-state index contributed by atoms with van der Waals surface area (Å²) in [6.45, 7) is 3.55. The Hall–Kier alpha value is -0.980. The molecule has 2 atom stereocenters. The van der Waals surface area contributed by atoms with Crippen LogP contribution in [0.1, 0.15) is 26.7 Å². The molecule has 1 fully saturated rings. The van der Waals surface area contributed by atoms with E-state index in [9.17, 15) is 18.0 Å². The first kappa shape index (κ1) is 15.1. The fourth-order valence-electron chi connectivity index (χ4n) is 1.90. The summed E-state index contributed by atoms with van der Waals surface area (Å²) >= 11 is 0. The van der Waals surface area contributed by atoms with Gasteiger partial charge in [0.25, 0.3) is 0 Å². The molecular formula is C11H20F3N3O. The molecule has 4 nitrogen and oxygen atoms in total. The van der Waals surface area contributed by atoms with Crippen LogP contribution in [-0.2, 0) is 0 Å². The highest BCUT2D eigenvalue weighted by Gasteiger charge is 2.34. The SMILES string of the molecule is CCC(C)NC(=O)NC1CCN(CC(F)(F)F)C1. The molecule has 2 N–H and O–H groups in total. The van der Waals surface area contributed by atoms with Crippen LogP contribution in [0.3, 0.4) is 0 Å². The number of rotatable bonds is 4. The van der Waals surface area contributed by atoms with Crippen LogP contribution in [0.5, 0.6) is 0 Å². The number of nitrogens with zero attached hydrogens (tertiary/aromatic N) is 1. The number of hydrogen-bond acceptors (Lipinski definition) is 2. The topological polar surface area (TPSA) is 44.4 Å². The van der Waals surface area contributed by atoms with Gasteiger partial charge in [-0.3, -0.25) is 4.90 Å². The summed E-state index contributed by atoms with van der Waals surface area (Å²) in [5.74, 6) is 0. The minimum absolute atomic E-state index is 0.0673. The van der Waals surface area contributed by atoms with E-state index in [4.69, 9.17) is 0 Å². The smallest absolute Gasteiger partial charge is 0.336 e. The van der Waals surface area contributed by atoms with Crippen LogP contribution in [0, 0.1) is 0 Å². The molecular weight excluding hydrogens is 247 g/mol. The van der Waals surface area contributed by atoms with Crippen molar-refractivity contribution >= 4 is 6.03 Å². The maximum absolute atomic E-state index is 12.2. The minimum Gasteiger partial charge on any atom is -0.336 e. The molecule has 0 saturated carbocycles. The average molecular weight is 267 g/mol. The summed E-state index contributed by atoms with van der Waals surface area (Å²) in [5.41, 5.74) is 0. The van der Waals surface area contributed by atoms with Crippen LogP contribution in [0.15, 0.2) is 0 Å². The molecule has 18 heavy (non-hydrogen) atoms. The largest absolute Gasteiger partial charge is 0.401 e. The van der Waals surface area contributed by atoms with Gasteiger partial charge in [0.2, 0.25) is 0 Å². The maximum Gasteiger partial charge on any atom is 0.401 e. The van der Waals surface area contributed by atoms with Crippen molar-refractivity contribution in [2.45, 2.75) is 44.9 Å². The zero-order valence-electron chi connectivity index (χ0n) is 10.7. The molecule has 1 saturated heterocycles. The minimum atomic E-state index is -4.17. The number of carbonyl (C=O) groups is 1. The third-order valence-corrected chi connectivity index (χ3v) is 3.00. The Morgan fingerprint density at radius 3 is 2.72 bits per heavy atom. The number of alkyl halides is 3. The first-order chi connectivity index (χ1) is 8.30. The molecule has 1 rings (SSSR count). The van der Waals surface area contributed by atoms with Crippen LogP contribution in [0.25, 0.3) is 0 Å². The second-order valence-electron chi connectivity index (χ2n) is 4.76. The van der Waals surface area contributed by atoms with E-state index in [1.165, 1.54) is 4.90 Å². The highest BCUT2D eigenvalue weighted by molar-refractivity contribution is 5.74. The lowest BCUT2D eigenvalue weighted by Crippen LogP contribution is -2.46. The van der Waals surface area contributed by atoms with E-state index in [0.29, 0.717) is 13.0 Å². The molecule has 0 bridgehead atoms. The molecule has 1 aliphatic rings. The van der Waals surface area contributed by atoms with Gasteiger partial charge < -0.3 is 10.6 Å². The number of urea groups is 1. The monoisotopic (exact) mass is 267 g/mol. The third-order valence-electron chi connectivity index (χ3n) is 3.00. The van der Waals surface area contributed by atoms with E-state index in [2.05, 4.69) is 10.6 Å². The molecule has 1 aliphatic heterocycles. The first-order valence-corrected chi connectivity index (χ1v) is 6.16. The number of amides is 2. The quantitative estimate of drug-likeness (QED) is 0.814. The summed E-state index contributed by atoms with van der Waals surface area (Å²) in [7, 11) is 0. The molecule has 2 amide bonds. The summed E-state index contributed by atoms with van der Waals surface area (Å²) in [6, 6.07) is -0.433. The van der Waals surface area contributed by atoms with Crippen molar-refractivity contribution in [3.8, 4) is 0 Å². The van der Waals surface area contributed by atoms with Gasteiger partial charge in [0.15, 0.2) is 0 Å². The Morgan fingerprint density at radius 2 is 2.17 bits per heavy atom. The first-order valence-electron chi connectivity index (χ1n) is 6.16. The van der Waals surface area contributed by atoms with E-state index in [1.807, 2.05) is 13.8 Å². The van der Waals surface area contributed by atoms with E-state index >= 15 is 0 Å². The number of nitrogens with one attached hydrogen (secondary N) is 2. The lowest BCUT2D eigenvalue weighted by molar-refractivity contribution is -0.143. The lowest BCUT2D eigenvalue weighted by Gasteiger charge is -2.19. The summed E-state index contributed by atoms with van der Waals surface area (Å²) in [6.07, 6.45) is -2.80. The predicted molar refractivity (Wildman–Crippen MR) is 62.3 cm³/mol. The van der Waals surface area contributed by atoms with Crippen molar-refractivity contribution in [3.05, 3.63) is 0 Å². The fraction of sp³-hybridized carbons (Fsp3) is 0.909. The summed E-state index contributed by atoms with van der Waals surface area (Å²) in [4.78, 5) is 12.8. The average Bonchev–Trinajstić information content (AvgIpc) is 2.62. The molecule has 0 aliphatic carbocycles. The zero-order valence-corrected chi connectivity index (χ0v) is 10.7. The molecule has 0 aromatic heterocycles. The summed E-state index contributed by atoms with van der Waals surface area (Å²) < 4.78 is 36.5. The van der Waals surface area contributed by atoms with E-state index < -0.39 is 12.7 Å². The maximum atomic E-state index is 12.2. The van der Waals surface area contributed by atoms with Crippen molar-refractivity contribution in [2.24, 2.45) is 0 Å². The van der Waals surface area contributed by atoms with E-state index in [1.54, 1.807) is 0 Å². The van der Waals surface area contributed by atoms with Crippen LogP contribution in [-0.4, -0.2) is 48.8 Å². The van der Waals surface area contributed by atoms with Crippen molar-refractivity contribution < 1.29 is 18.0 Å². The molecule has 7 heteroatoms. The summed E-state index contributed by atoms with van der Waals surface area (Å²) in [5, 5.41) is 5.43. The van der Waals surface area contributed by atoms with Gasteiger partial charge in [0, 0.05) is 25.2 Å². The normalized spacial score (nSPS) is 22.8. The van der Waals surface area contributed by atoms with Crippen molar-refractivity contribution in [2.75, 3.05) is 19.6 Å². The van der Waals surface area contributed by atoms with Crippen LogP contribution in [0.4, 0.5) is 18.0 Å². The highest BCUT2D eigenvalue weighted by Crippen LogP contribution is 2.19. The number of halogens is 3. The van der Waals surface area contributed by atoms with Gasteiger partial charge in [-0.25, -0.2) is 4.79 Å². The van der Waals surface area contributed by atoms with Gasteiger partial charge in [0.05, 0.1) is 6.54 Å². The van der Waals surface area contributed by atoms with Gasteiger partial charge in [-0.1, -0.05) is 6.92 Å². The van der Waals surface area contributed by atoms with Crippen molar-refractivity contribution in [3.63, 3.8) is 0 Å². The Balaban J connectivity index is 2.28. The molecule has 2 unspecified atom stereocenters. The molecule has 106 valence electrons. The molecule has 0 spiro atoms. The molecule has 0 aromatic carbocycles. The van der Waals surface area contributed by atoms with Crippen LogP contribution < -0.4 is 10.6 Å². The molecule has 0 radical (unpaired) electrons. The number of likely N-dealkylation sites (tertiary alicyclic amines) is 1. The van der Waals surface area contributed by atoms with Crippen molar-refractivity contribution in [1.29, 1.82) is 0 Å². The van der Waals surface area contributed by atoms with Gasteiger partial charge in [-0.05, 0) is 19.8 Å². The van der Waals surface area contributed by atoms with Crippen molar-refractivity contribution in [1.82, 2.24) is 15.5 Å². The lowest BCUT2D eigenvalue weighted by atomic mass is 10.2. The Bertz CT molecular complexity index is 283. The fourth-order valence-corrected chi connectivity index (χ4v) is 1.90. The Morgan fingerprint density at radius 1 is 1.50 bits per heavy atom. The Labute approximate surface area is 105 Å². The van der Waals surface area contributed by atoms with Gasteiger partial charge in [0.1, 0.15) is 0 Å². The van der Waals surface area contributed by atoms with Gasteiger partial charge in [-0.15, -0.1) is 0 Å². The zero-order chi connectivity index (χ0) is 13.8. The van der Waals surface area contributed by atoms with Crippen LogP contribution >= 0.6 is 0 Å². The standard InChI is InChI=1S/C11H20F3N3O/c1-3-8(2)15-10(18)16-9-4-5-17(6-9)7-11(12,13)14/h8-9H,3-7H2,1-2H3,(H2,15,16,18). The van der Waals surface area contributed by atoms with Gasteiger partial charge >= 0.3 is 12.2 Å². The molecule has 0 aromatic rings. The Kier molecular flexibility index (Phi) is 5.25. The van der Waals surface area contributed by atoms with E-state index in [0.717, 1.165) is 6.42 Å². The third kappa shape index (κ3) is 5.57.